The Morgan fingerprint density at radius 2 is 1.94 bits per heavy atom. The number of hydrogen-bond acceptors (Lipinski definition) is 5. The zero-order valence-electron chi connectivity index (χ0n) is 16.7. The second-order valence-electron chi connectivity index (χ2n) is 7.59. The number of fused-ring (bicyclic) bond motifs is 1. The normalized spacial score (nSPS) is 21.5. The summed E-state index contributed by atoms with van der Waals surface area (Å²) in [6, 6.07) is 0.795. The lowest BCUT2D eigenvalue weighted by Crippen LogP contribution is -2.46. The number of aliphatic imine (C=N–C) groups is 1. The molecule has 2 aliphatic heterocycles. The number of aromatic nitrogens is 2. The lowest BCUT2D eigenvalue weighted by molar-refractivity contribution is -0.141. The highest BCUT2D eigenvalue weighted by atomic mass is 19.4. The number of rotatable bonds is 3. The number of dihydropyridines is 1. The highest BCUT2D eigenvalue weighted by Crippen LogP contribution is 2.30. The van der Waals surface area contributed by atoms with Gasteiger partial charge in [0.05, 0.1) is 11.6 Å². The third-order valence-electron chi connectivity index (χ3n) is 5.38. The number of anilines is 1. The van der Waals surface area contributed by atoms with Crippen molar-refractivity contribution in [2.45, 2.75) is 32.0 Å². The van der Waals surface area contributed by atoms with Gasteiger partial charge in [-0.05, 0) is 25.8 Å². The molecule has 0 bridgehead atoms. The lowest BCUT2D eigenvalue weighted by Gasteiger charge is -2.34. The molecule has 2 amide bonds. The van der Waals surface area contributed by atoms with Gasteiger partial charge in [-0.25, -0.2) is 15.0 Å². The summed E-state index contributed by atoms with van der Waals surface area (Å²) in [5.41, 5.74) is -0.0831. The fraction of sp³-hybridized carbons (Fsp3) is 0.381. The number of amides is 2. The maximum atomic E-state index is 13.0. The first-order chi connectivity index (χ1) is 14.7. The summed E-state index contributed by atoms with van der Waals surface area (Å²) in [6.07, 6.45) is 4.89. The Kier molecular flexibility index (Phi) is 5.47. The molecule has 1 aromatic rings. The van der Waals surface area contributed by atoms with Crippen LogP contribution >= 0.6 is 0 Å². The summed E-state index contributed by atoms with van der Waals surface area (Å²) in [7, 11) is 0. The Labute approximate surface area is 176 Å². The average molecular weight is 431 g/mol. The largest absolute Gasteiger partial charge is 0.433 e. The van der Waals surface area contributed by atoms with Crippen LogP contribution in [0.5, 0.6) is 0 Å². The first-order valence-corrected chi connectivity index (χ1v) is 9.88. The fourth-order valence-electron chi connectivity index (χ4n) is 3.87. The summed E-state index contributed by atoms with van der Waals surface area (Å²) in [5.74, 6) is -0.869. The molecule has 0 aromatic carbocycles. The van der Waals surface area contributed by atoms with Crippen LogP contribution in [0, 0.1) is 12.8 Å². The van der Waals surface area contributed by atoms with Crippen LogP contribution in [0.3, 0.4) is 0 Å². The maximum absolute atomic E-state index is 13.0. The molecule has 1 N–H and O–H groups in total. The molecular weight excluding hydrogens is 411 g/mol. The first kappa shape index (κ1) is 21.0. The van der Waals surface area contributed by atoms with Crippen molar-refractivity contribution in [3.63, 3.8) is 0 Å². The molecule has 1 unspecified atom stereocenters. The van der Waals surface area contributed by atoms with E-state index in [2.05, 4.69) is 20.3 Å². The van der Waals surface area contributed by atoms with Crippen molar-refractivity contribution in [3.8, 4) is 0 Å². The molecule has 3 aliphatic rings. The number of aryl methyl sites for hydroxylation is 1. The van der Waals surface area contributed by atoms with Crippen LogP contribution in [0.4, 0.5) is 19.0 Å². The van der Waals surface area contributed by atoms with Gasteiger partial charge in [0.1, 0.15) is 17.3 Å². The minimum absolute atomic E-state index is 0.0567. The third kappa shape index (κ3) is 4.57. The van der Waals surface area contributed by atoms with Crippen LogP contribution in [0.1, 0.15) is 24.4 Å². The summed E-state index contributed by atoms with van der Waals surface area (Å²) in [6.45, 7) is 2.31. The van der Waals surface area contributed by atoms with Gasteiger partial charge in [-0.2, -0.15) is 13.2 Å². The van der Waals surface area contributed by atoms with E-state index in [4.69, 9.17) is 0 Å². The van der Waals surface area contributed by atoms with Crippen LogP contribution in [0.15, 0.2) is 47.0 Å². The molecule has 0 saturated carbocycles. The Morgan fingerprint density at radius 1 is 1.19 bits per heavy atom. The van der Waals surface area contributed by atoms with Crippen molar-refractivity contribution in [2.24, 2.45) is 10.9 Å². The summed E-state index contributed by atoms with van der Waals surface area (Å²) in [5, 5.41) is 2.95. The number of hydrogen-bond donors (Lipinski definition) is 1. The molecule has 0 spiro atoms. The molecule has 1 aliphatic carbocycles. The lowest BCUT2D eigenvalue weighted by atomic mass is 9.87. The monoisotopic (exact) mass is 431 g/mol. The first-order valence-electron chi connectivity index (χ1n) is 9.88. The van der Waals surface area contributed by atoms with E-state index in [1.807, 2.05) is 6.08 Å². The maximum Gasteiger partial charge on any atom is 0.433 e. The van der Waals surface area contributed by atoms with Gasteiger partial charge >= 0.3 is 6.18 Å². The highest BCUT2D eigenvalue weighted by molar-refractivity contribution is 6.18. The van der Waals surface area contributed by atoms with Gasteiger partial charge in [0.2, 0.25) is 5.91 Å². The third-order valence-corrected chi connectivity index (χ3v) is 5.38. The van der Waals surface area contributed by atoms with Crippen LogP contribution in [-0.4, -0.2) is 46.6 Å². The van der Waals surface area contributed by atoms with Crippen molar-refractivity contribution in [3.05, 3.63) is 53.5 Å². The number of carbonyl (C=O) groups is 2. The Balaban J connectivity index is 1.39. The minimum Gasteiger partial charge on any atom is -0.356 e. The molecule has 4 rings (SSSR count). The topological polar surface area (TPSA) is 87.5 Å². The molecule has 1 aromatic heterocycles. The summed E-state index contributed by atoms with van der Waals surface area (Å²) >= 11 is 0. The SMILES string of the molecule is Cc1nc(N2CCC(NC(=O)C3=CC(=O)N=C4C=CC=CC34)CC2)cc(C(F)(F)F)n1. The number of carbonyl (C=O) groups excluding carboxylic acids is 2. The van der Waals surface area contributed by atoms with Gasteiger partial charge < -0.3 is 10.2 Å². The Bertz CT molecular complexity index is 1030. The predicted molar refractivity (Wildman–Crippen MR) is 107 cm³/mol. The molecule has 1 saturated heterocycles. The summed E-state index contributed by atoms with van der Waals surface area (Å²) < 4.78 is 39.1. The number of nitrogens with zero attached hydrogens (tertiary/aromatic N) is 4. The number of halogens is 3. The molecule has 162 valence electrons. The molecule has 7 nitrogen and oxygen atoms in total. The van der Waals surface area contributed by atoms with Crippen molar-refractivity contribution in [2.75, 3.05) is 18.0 Å². The number of nitrogens with one attached hydrogen (secondary N) is 1. The van der Waals surface area contributed by atoms with Crippen LogP contribution in [0.2, 0.25) is 0 Å². The molecule has 3 heterocycles. The van der Waals surface area contributed by atoms with Crippen molar-refractivity contribution in [1.82, 2.24) is 15.3 Å². The second kappa shape index (κ2) is 8.09. The molecule has 1 fully saturated rings. The zero-order chi connectivity index (χ0) is 22.2. The molecule has 0 radical (unpaired) electrons. The van der Waals surface area contributed by atoms with Crippen molar-refractivity contribution < 1.29 is 22.8 Å². The second-order valence-corrected chi connectivity index (χ2v) is 7.59. The predicted octanol–water partition coefficient (Wildman–Crippen LogP) is 2.54. The zero-order valence-corrected chi connectivity index (χ0v) is 16.7. The van der Waals surface area contributed by atoms with Gasteiger partial charge in [0, 0.05) is 36.8 Å². The smallest absolute Gasteiger partial charge is 0.356 e. The molecular formula is C21H20F3N5O2. The van der Waals surface area contributed by atoms with Gasteiger partial charge in [0.25, 0.3) is 5.91 Å². The minimum atomic E-state index is -4.54. The van der Waals surface area contributed by atoms with Gasteiger partial charge in [-0.15, -0.1) is 0 Å². The number of allylic oxidation sites excluding steroid dienone is 4. The van der Waals surface area contributed by atoms with Crippen LogP contribution in [0.25, 0.3) is 0 Å². The quantitative estimate of drug-likeness (QED) is 0.795. The van der Waals surface area contributed by atoms with Crippen LogP contribution < -0.4 is 10.2 Å². The van der Waals surface area contributed by atoms with E-state index in [0.29, 0.717) is 37.2 Å². The van der Waals surface area contributed by atoms with E-state index in [-0.39, 0.29) is 29.5 Å². The average Bonchev–Trinajstić information content (AvgIpc) is 2.72. The Hall–Kier alpha value is -3.30. The van der Waals surface area contributed by atoms with Crippen LogP contribution in [-0.2, 0) is 15.8 Å². The summed E-state index contributed by atoms with van der Waals surface area (Å²) in [4.78, 5) is 38.0. The van der Waals surface area contributed by atoms with E-state index >= 15 is 0 Å². The van der Waals surface area contributed by atoms with Gasteiger partial charge in [-0.1, -0.05) is 18.2 Å². The van der Waals surface area contributed by atoms with Crippen molar-refractivity contribution >= 4 is 23.3 Å². The Morgan fingerprint density at radius 3 is 2.65 bits per heavy atom. The van der Waals surface area contributed by atoms with Gasteiger partial charge in [-0.3, -0.25) is 9.59 Å². The molecule has 31 heavy (non-hydrogen) atoms. The molecule has 10 heteroatoms. The highest BCUT2D eigenvalue weighted by Gasteiger charge is 2.35. The standard InChI is InChI=1S/C21H20F3N5O2/c1-12-25-17(21(22,23)24)11-18(26-12)29-8-6-13(7-9-29)27-20(31)15-10-19(30)28-16-5-3-2-4-14(15)16/h2-5,10-11,13-14H,6-9H2,1H3,(H,27,31). The molecule has 1 atom stereocenters. The van der Waals surface area contributed by atoms with E-state index in [1.54, 1.807) is 23.1 Å². The van der Waals surface area contributed by atoms with Gasteiger partial charge in [0.15, 0.2) is 0 Å². The van der Waals surface area contributed by atoms with Crippen molar-refractivity contribution in [1.29, 1.82) is 0 Å². The van der Waals surface area contributed by atoms with E-state index in [0.717, 1.165) is 6.07 Å². The van der Waals surface area contributed by atoms with E-state index in [9.17, 15) is 22.8 Å². The fourth-order valence-corrected chi connectivity index (χ4v) is 3.87. The van der Waals surface area contributed by atoms with E-state index < -0.39 is 17.8 Å². The number of alkyl halides is 3. The van der Waals surface area contributed by atoms with E-state index in [1.165, 1.54) is 13.0 Å². The number of piperidine rings is 1.